The standard InChI is InChI=1S/C15H18ClFN2S/c1-4-12-13(8-18-9(2)3)20-15(19-12)10-6-5-7-11(16)14(10)17/h5-7,9,18H,4,8H2,1-3H3. The molecule has 0 bridgehead atoms. The number of aryl methyl sites for hydroxylation is 1. The van der Waals surface area contributed by atoms with Gasteiger partial charge in [-0.05, 0) is 18.6 Å². The number of thiazole rings is 1. The molecular formula is C15H18ClFN2S. The molecule has 20 heavy (non-hydrogen) atoms. The monoisotopic (exact) mass is 312 g/mol. The molecule has 2 rings (SSSR count). The Morgan fingerprint density at radius 3 is 2.80 bits per heavy atom. The van der Waals surface area contributed by atoms with E-state index in [0.29, 0.717) is 16.6 Å². The summed E-state index contributed by atoms with van der Waals surface area (Å²) in [4.78, 5) is 5.72. The van der Waals surface area contributed by atoms with E-state index >= 15 is 0 Å². The Labute approximate surface area is 128 Å². The fraction of sp³-hybridized carbons (Fsp3) is 0.400. The third-order valence-electron chi connectivity index (χ3n) is 2.97. The fourth-order valence-corrected chi connectivity index (χ4v) is 3.17. The van der Waals surface area contributed by atoms with Crippen LogP contribution in [-0.2, 0) is 13.0 Å². The second-order valence-corrected chi connectivity index (χ2v) is 6.37. The van der Waals surface area contributed by atoms with Crippen molar-refractivity contribution in [3.05, 3.63) is 39.6 Å². The van der Waals surface area contributed by atoms with Crippen LogP contribution in [-0.4, -0.2) is 11.0 Å². The van der Waals surface area contributed by atoms with E-state index in [1.165, 1.54) is 11.3 Å². The predicted octanol–water partition coefficient (Wildman–Crippen LogP) is 4.66. The lowest BCUT2D eigenvalue weighted by atomic mass is 10.2. The molecule has 0 aliphatic heterocycles. The van der Waals surface area contributed by atoms with Gasteiger partial charge in [0.05, 0.1) is 10.7 Å². The van der Waals surface area contributed by atoms with Crippen LogP contribution in [0.3, 0.4) is 0 Å². The number of hydrogen-bond donors (Lipinski definition) is 1. The molecule has 0 fully saturated rings. The van der Waals surface area contributed by atoms with Gasteiger partial charge in [0.2, 0.25) is 0 Å². The van der Waals surface area contributed by atoms with Gasteiger partial charge in [-0.2, -0.15) is 0 Å². The number of halogens is 2. The summed E-state index contributed by atoms with van der Waals surface area (Å²) in [6.45, 7) is 7.03. The number of rotatable bonds is 5. The molecule has 0 aliphatic carbocycles. The van der Waals surface area contributed by atoms with Crippen LogP contribution in [0.2, 0.25) is 5.02 Å². The molecule has 0 unspecified atom stereocenters. The molecule has 1 N–H and O–H groups in total. The number of benzene rings is 1. The van der Waals surface area contributed by atoms with Gasteiger partial charge in [0.15, 0.2) is 5.82 Å². The predicted molar refractivity (Wildman–Crippen MR) is 83.9 cm³/mol. The normalized spacial score (nSPS) is 11.3. The van der Waals surface area contributed by atoms with Crippen molar-refractivity contribution in [2.45, 2.75) is 39.8 Å². The second-order valence-electron chi connectivity index (χ2n) is 4.88. The molecule has 1 aromatic carbocycles. The van der Waals surface area contributed by atoms with Gasteiger partial charge in [0.25, 0.3) is 0 Å². The maximum absolute atomic E-state index is 14.1. The third-order valence-corrected chi connectivity index (χ3v) is 4.39. The number of aromatic nitrogens is 1. The lowest BCUT2D eigenvalue weighted by Crippen LogP contribution is -2.21. The largest absolute Gasteiger partial charge is 0.310 e. The summed E-state index contributed by atoms with van der Waals surface area (Å²) < 4.78 is 14.1. The van der Waals surface area contributed by atoms with Crippen LogP contribution in [0.4, 0.5) is 4.39 Å². The van der Waals surface area contributed by atoms with Crippen LogP contribution in [0.25, 0.3) is 10.6 Å². The van der Waals surface area contributed by atoms with Crippen molar-refractivity contribution < 1.29 is 4.39 Å². The first kappa shape index (κ1) is 15.4. The lowest BCUT2D eigenvalue weighted by Gasteiger charge is -2.06. The van der Waals surface area contributed by atoms with Crippen molar-refractivity contribution in [3.8, 4) is 10.6 Å². The first-order valence-electron chi connectivity index (χ1n) is 6.69. The van der Waals surface area contributed by atoms with E-state index in [9.17, 15) is 4.39 Å². The Balaban J connectivity index is 2.35. The molecule has 0 saturated heterocycles. The van der Waals surface area contributed by atoms with Gasteiger partial charge in [0.1, 0.15) is 5.01 Å². The maximum atomic E-state index is 14.1. The van der Waals surface area contributed by atoms with E-state index in [4.69, 9.17) is 11.6 Å². The zero-order valence-corrected chi connectivity index (χ0v) is 13.4. The first-order valence-corrected chi connectivity index (χ1v) is 7.88. The molecule has 2 aromatic rings. The van der Waals surface area contributed by atoms with Gasteiger partial charge in [-0.1, -0.05) is 38.4 Å². The molecule has 1 aromatic heterocycles. The fourth-order valence-electron chi connectivity index (χ4n) is 1.88. The van der Waals surface area contributed by atoms with Crippen molar-refractivity contribution in [1.82, 2.24) is 10.3 Å². The van der Waals surface area contributed by atoms with Gasteiger partial charge in [-0.15, -0.1) is 11.3 Å². The topological polar surface area (TPSA) is 24.9 Å². The zero-order chi connectivity index (χ0) is 14.7. The number of nitrogens with zero attached hydrogens (tertiary/aromatic N) is 1. The molecule has 1 heterocycles. The molecule has 0 saturated carbocycles. The highest BCUT2D eigenvalue weighted by molar-refractivity contribution is 7.15. The minimum Gasteiger partial charge on any atom is -0.310 e. The highest BCUT2D eigenvalue weighted by atomic mass is 35.5. The van der Waals surface area contributed by atoms with E-state index in [2.05, 4.69) is 31.1 Å². The van der Waals surface area contributed by atoms with Gasteiger partial charge in [0, 0.05) is 23.0 Å². The van der Waals surface area contributed by atoms with Crippen molar-refractivity contribution >= 4 is 22.9 Å². The quantitative estimate of drug-likeness (QED) is 0.868. The van der Waals surface area contributed by atoms with E-state index in [1.807, 2.05) is 0 Å². The summed E-state index contributed by atoms with van der Waals surface area (Å²) in [5.74, 6) is -0.395. The van der Waals surface area contributed by atoms with Crippen molar-refractivity contribution in [2.24, 2.45) is 0 Å². The van der Waals surface area contributed by atoms with Crippen LogP contribution in [0, 0.1) is 5.82 Å². The molecule has 0 aliphatic rings. The summed E-state index contributed by atoms with van der Waals surface area (Å²) >= 11 is 7.37. The van der Waals surface area contributed by atoms with Crippen LogP contribution in [0.1, 0.15) is 31.3 Å². The van der Waals surface area contributed by atoms with Crippen LogP contribution >= 0.6 is 22.9 Å². The summed E-state index contributed by atoms with van der Waals surface area (Å²) in [7, 11) is 0. The smallest absolute Gasteiger partial charge is 0.152 e. The molecule has 0 amide bonds. The summed E-state index contributed by atoms with van der Waals surface area (Å²) in [6, 6.07) is 5.43. The Kier molecular flexibility index (Phi) is 5.13. The van der Waals surface area contributed by atoms with E-state index < -0.39 is 5.82 Å². The Morgan fingerprint density at radius 2 is 2.15 bits per heavy atom. The average Bonchev–Trinajstić information content (AvgIpc) is 2.82. The van der Waals surface area contributed by atoms with E-state index in [1.54, 1.807) is 18.2 Å². The first-order chi connectivity index (χ1) is 9.52. The number of nitrogens with one attached hydrogen (secondary N) is 1. The molecule has 0 radical (unpaired) electrons. The second kappa shape index (κ2) is 6.66. The highest BCUT2D eigenvalue weighted by Crippen LogP contribution is 2.32. The van der Waals surface area contributed by atoms with Crippen LogP contribution in [0.5, 0.6) is 0 Å². The molecule has 5 heteroatoms. The van der Waals surface area contributed by atoms with Gasteiger partial charge < -0.3 is 5.32 Å². The Hall–Kier alpha value is -0.970. The molecule has 0 atom stereocenters. The van der Waals surface area contributed by atoms with Crippen LogP contribution in [0.15, 0.2) is 18.2 Å². The zero-order valence-electron chi connectivity index (χ0n) is 11.8. The molecule has 108 valence electrons. The van der Waals surface area contributed by atoms with E-state index in [0.717, 1.165) is 23.5 Å². The molecule has 2 nitrogen and oxygen atoms in total. The SMILES string of the molecule is CCc1nc(-c2cccc(Cl)c2F)sc1CNC(C)C. The van der Waals surface area contributed by atoms with Crippen LogP contribution < -0.4 is 5.32 Å². The van der Waals surface area contributed by atoms with Crippen molar-refractivity contribution in [2.75, 3.05) is 0 Å². The average molecular weight is 313 g/mol. The summed E-state index contributed by atoms with van der Waals surface area (Å²) in [5.41, 5.74) is 1.51. The minimum atomic E-state index is -0.395. The Bertz CT molecular complexity index is 596. The van der Waals surface area contributed by atoms with Gasteiger partial charge >= 0.3 is 0 Å². The van der Waals surface area contributed by atoms with Gasteiger partial charge in [-0.25, -0.2) is 9.37 Å². The summed E-state index contributed by atoms with van der Waals surface area (Å²) in [5, 5.41) is 4.21. The van der Waals surface area contributed by atoms with Gasteiger partial charge in [-0.3, -0.25) is 0 Å². The Morgan fingerprint density at radius 1 is 1.40 bits per heavy atom. The highest BCUT2D eigenvalue weighted by Gasteiger charge is 2.15. The van der Waals surface area contributed by atoms with Crippen molar-refractivity contribution in [1.29, 1.82) is 0 Å². The maximum Gasteiger partial charge on any atom is 0.152 e. The minimum absolute atomic E-state index is 0.137. The lowest BCUT2D eigenvalue weighted by molar-refractivity contribution is 0.590. The molecule has 0 spiro atoms. The number of hydrogen-bond acceptors (Lipinski definition) is 3. The summed E-state index contributed by atoms with van der Waals surface area (Å²) in [6.07, 6.45) is 0.841. The molecular weight excluding hydrogens is 295 g/mol. The third kappa shape index (κ3) is 3.37. The van der Waals surface area contributed by atoms with E-state index in [-0.39, 0.29) is 5.02 Å². The van der Waals surface area contributed by atoms with Crippen molar-refractivity contribution in [3.63, 3.8) is 0 Å².